The molecule has 1 heterocycles. The highest BCUT2D eigenvalue weighted by Crippen LogP contribution is 2.07. The van der Waals surface area contributed by atoms with Crippen LogP contribution >= 0.6 is 0 Å². The van der Waals surface area contributed by atoms with Crippen LogP contribution in [-0.2, 0) is 11.3 Å². The number of hydrogen-bond acceptors (Lipinski definition) is 5. The molecule has 0 saturated heterocycles. The SMILES string of the molecule is CCNc1ccc(CN(C)CC(O)COC)cn1. The van der Waals surface area contributed by atoms with Gasteiger partial charge < -0.3 is 15.2 Å². The third-order valence-corrected chi connectivity index (χ3v) is 2.52. The van der Waals surface area contributed by atoms with Crippen molar-refractivity contribution in [1.82, 2.24) is 9.88 Å². The van der Waals surface area contributed by atoms with E-state index in [0.29, 0.717) is 13.2 Å². The van der Waals surface area contributed by atoms with Crippen LogP contribution in [0.1, 0.15) is 12.5 Å². The highest BCUT2D eigenvalue weighted by Gasteiger charge is 2.08. The summed E-state index contributed by atoms with van der Waals surface area (Å²) in [5.41, 5.74) is 1.13. The lowest BCUT2D eigenvalue weighted by Gasteiger charge is -2.20. The largest absolute Gasteiger partial charge is 0.389 e. The van der Waals surface area contributed by atoms with Crippen molar-refractivity contribution in [2.24, 2.45) is 0 Å². The molecular formula is C13H23N3O2. The number of nitrogens with one attached hydrogen (secondary N) is 1. The minimum Gasteiger partial charge on any atom is -0.389 e. The predicted octanol–water partition coefficient (Wildman–Crippen LogP) is 0.952. The number of aliphatic hydroxyl groups is 1. The first-order chi connectivity index (χ1) is 8.65. The highest BCUT2D eigenvalue weighted by atomic mass is 16.5. The maximum atomic E-state index is 9.62. The molecule has 0 aliphatic rings. The number of hydrogen-bond donors (Lipinski definition) is 2. The Morgan fingerprint density at radius 3 is 2.83 bits per heavy atom. The van der Waals surface area contributed by atoms with Gasteiger partial charge in [-0.1, -0.05) is 6.07 Å². The standard InChI is InChI=1S/C13H23N3O2/c1-4-14-13-6-5-11(7-15-13)8-16(2)9-12(17)10-18-3/h5-7,12,17H,4,8-10H2,1-3H3,(H,14,15). The van der Waals surface area contributed by atoms with Gasteiger partial charge in [-0.25, -0.2) is 4.98 Å². The molecule has 1 aromatic heterocycles. The summed E-state index contributed by atoms with van der Waals surface area (Å²) in [6.45, 7) is 4.63. The first kappa shape index (κ1) is 14.9. The van der Waals surface area contributed by atoms with Crippen LogP contribution in [0.3, 0.4) is 0 Å². The smallest absolute Gasteiger partial charge is 0.125 e. The molecular weight excluding hydrogens is 230 g/mol. The number of methoxy groups -OCH3 is 1. The molecule has 0 amide bonds. The maximum absolute atomic E-state index is 9.62. The molecule has 0 aromatic carbocycles. The molecule has 1 unspecified atom stereocenters. The van der Waals surface area contributed by atoms with Crippen molar-refractivity contribution in [3.8, 4) is 0 Å². The summed E-state index contributed by atoms with van der Waals surface area (Å²) in [6, 6.07) is 4.02. The molecule has 5 heteroatoms. The monoisotopic (exact) mass is 253 g/mol. The molecule has 0 saturated carbocycles. The lowest BCUT2D eigenvalue weighted by Crippen LogP contribution is -2.31. The molecule has 2 N–H and O–H groups in total. The number of anilines is 1. The van der Waals surface area contributed by atoms with E-state index < -0.39 is 6.10 Å². The summed E-state index contributed by atoms with van der Waals surface area (Å²) in [4.78, 5) is 6.36. The number of rotatable bonds is 8. The number of aliphatic hydroxyl groups excluding tert-OH is 1. The van der Waals surface area contributed by atoms with E-state index in [1.165, 1.54) is 0 Å². The van der Waals surface area contributed by atoms with E-state index in [1.54, 1.807) is 7.11 Å². The van der Waals surface area contributed by atoms with Crippen molar-refractivity contribution >= 4 is 5.82 Å². The van der Waals surface area contributed by atoms with E-state index in [0.717, 1.165) is 24.5 Å². The van der Waals surface area contributed by atoms with E-state index in [2.05, 4.69) is 10.3 Å². The minimum atomic E-state index is -0.450. The molecule has 1 rings (SSSR count). The maximum Gasteiger partial charge on any atom is 0.125 e. The molecule has 0 bridgehead atoms. The Morgan fingerprint density at radius 1 is 1.50 bits per heavy atom. The highest BCUT2D eigenvalue weighted by molar-refractivity contribution is 5.35. The van der Waals surface area contributed by atoms with Gasteiger partial charge in [0.15, 0.2) is 0 Å². The van der Waals surface area contributed by atoms with Crippen LogP contribution in [-0.4, -0.2) is 54.9 Å². The fourth-order valence-corrected chi connectivity index (χ4v) is 1.78. The van der Waals surface area contributed by atoms with E-state index in [1.807, 2.05) is 37.2 Å². The number of nitrogens with zero attached hydrogens (tertiary/aromatic N) is 2. The topological polar surface area (TPSA) is 57.6 Å². The molecule has 18 heavy (non-hydrogen) atoms. The van der Waals surface area contributed by atoms with Gasteiger partial charge in [0.25, 0.3) is 0 Å². The predicted molar refractivity (Wildman–Crippen MR) is 72.6 cm³/mol. The number of aromatic nitrogens is 1. The van der Waals surface area contributed by atoms with Crippen molar-refractivity contribution in [3.05, 3.63) is 23.9 Å². The molecule has 5 nitrogen and oxygen atoms in total. The molecule has 1 aromatic rings. The van der Waals surface area contributed by atoms with Crippen LogP contribution in [0, 0.1) is 0 Å². The zero-order valence-electron chi connectivity index (χ0n) is 11.4. The summed E-state index contributed by atoms with van der Waals surface area (Å²) in [6.07, 6.45) is 1.41. The summed E-state index contributed by atoms with van der Waals surface area (Å²) in [5, 5.41) is 12.8. The van der Waals surface area contributed by atoms with Crippen LogP contribution < -0.4 is 5.32 Å². The van der Waals surface area contributed by atoms with E-state index in [-0.39, 0.29) is 0 Å². The zero-order valence-corrected chi connectivity index (χ0v) is 11.4. The summed E-state index contributed by atoms with van der Waals surface area (Å²) < 4.78 is 4.90. The Morgan fingerprint density at radius 2 is 2.28 bits per heavy atom. The number of ether oxygens (including phenoxy) is 1. The van der Waals surface area contributed by atoms with E-state index in [4.69, 9.17) is 4.74 Å². The minimum absolute atomic E-state index is 0.363. The van der Waals surface area contributed by atoms with Gasteiger partial charge in [-0.15, -0.1) is 0 Å². The Kier molecular flexibility index (Phi) is 6.64. The lowest BCUT2D eigenvalue weighted by atomic mass is 10.2. The van der Waals surface area contributed by atoms with Gasteiger partial charge in [-0.3, -0.25) is 4.90 Å². The quantitative estimate of drug-likeness (QED) is 0.722. The fraction of sp³-hybridized carbons (Fsp3) is 0.615. The molecule has 0 spiro atoms. The van der Waals surface area contributed by atoms with E-state index in [9.17, 15) is 5.11 Å². The Labute approximate surface area is 109 Å². The molecule has 1 atom stereocenters. The van der Waals surface area contributed by atoms with Gasteiger partial charge in [0.1, 0.15) is 5.82 Å². The van der Waals surface area contributed by atoms with Crippen molar-refractivity contribution in [1.29, 1.82) is 0 Å². The third kappa shape index (κ3) is 5.44. The number of pyridine rings is 1. The lowest BCUT2D eigenvalue weighted by molar-refractivity contribution is 0.0418. The van der Waals surface area contributed by atoms with Gasteiger partial charge in [-0.2, -0.15) is 0 Å². The van der Waals surface area contributed by atoms with Gasteiger partial charge in [0.2, 0.25) is 0 Å². The van der Waals surface area contributed by atoms with Gasteiger partial charge in [-0.05, 0) is 25.6 Å². The van der Waals surface area contributed by atoms with Crippen LogP contribution in [0.4, 0.5) is 5.82 Å². The second kappa shape index (κ2) is 8.02. The van der Waals surface area contributed by atoms with Crippen molar-refractivity contribution < 1.29 is 9.84 Å². The molecule has 0 fully saturated rings. The van der Waals surface area contributed by atoms with Crippen molar-refractivity contribution in [2.45, 2.75) is 19.6 Å². The second-order valence-corrected chi connectivity index (χ2v) is 4.39. The van der Waals surface area contributed by atoms with Crippen LogP contribution in [0.5, 0.6) is 0 Å². The summed E-state index contributed by atoms with van der Waals surface area (Å²) >= 11 is 0. The first-order valence-corrected chi connectivity index (χ1v) is 6.20. The molecule has 0 aliphatic heterocycles. The fourth-order valence-electron chi connectivity index (χ4n) is 1.78. The van der Waals surface area contributed by atoms with Crippen molar-refractivity contribution in [3.63, 3.8) is 0 Å². The van der Waals surface area contributed by atoms with Crippen LogP contribution in [0.2, 0.25) is 0 Å². The van der Waals surface area contributed by atoms with Crippen LogP contribution in [0.25, 0.3) is 0 Å². The average Bonchev–Trinajstić information content (AvgIpc) is 2.32. The van der Waals surface area contributed by atoms with Gasteiger partial charge in [0, 0.05) is 32.9 Å². The summed E-state index contributed by atoms with van der Waals surface area (Å²) in [5.74, 6) is 0.892. The Balaban J connectivity index is 2.41. The molecule has 0 aliphatic carbocycles. The van der Waals surface area contributed by atoms with E-state index >= 15 is 0 Å². The average molecular weight is 253 g/mol. The number of likely N-dealkylation sites (N-methyl/N-ethyl adjacent to an activating group) is 1. The third-order valence-electron chi connectivity index (χ3n) is 2.52. The second-order valence-electron chi connectivity index (χ2n) is 4.39. The molecule has 0 radical (unpaired) electrons. The normalized spacial score (nSPS) is 12.7. The first-order valence-electron chi connectivity index (χ1n) is 6.20. The Bertz CT molecular complexity index is 330. The van der Waals surface area contributed by atoms with Crippen LogP contribution in [0.15, 0.2) is 18.3 Å². The van der Waals surface area contributed by atoms with Gasteiger partial charge in [0.05, 0.1) is 12.7 Å². The summed E-state index contributed by atoms with van der Waals surface area (Å²) in [7, 11) is 3.56. The van der Waals surface area contributed by atoms with Crippen molar-refractivity contribution in [2.75, 3.05) is 39.2 Å². The zero-order chi connectivity index (χ0) is 13.4. The van der Waals surface area contributed by atoms with Gasteiger partial charge >= 0.3 is 0 Å². The Hall–Kier alpha value is -1.17. The molecule has 102 valence electrons.